The highest BCUT2D eigenvalue weighted by Crippen LogP contribution is 2.36. The quantitative estimate of drug-likeness (QED) is 0.114. The maximum absolute atomic E-state index is 12.9. The molecule has 4 heterocycles. The van der Waals surface area contributed by atoms with Crippen LogP contribution in [-0.2, 0) is 31.9 Å². The van der Waals surface area contributed by atoms with E-state index in [1.807, 2.05) is 107 Å². The zero-order valence-corrected chi connectivity index (χ0v) is 34.4. The first kappa shape index (κ1) is 41.8. The fourth-order valence-electron chi connectivity index (χ4n) is 8.07. The monoisotopic (exact) mass is 772 g/mol. The van der Waals surface area contributed by atoms with Gasteiger partial charge < -0.3 is 29.1 Å². The van der Waals surface area contributed by atoms with E-state index in [1.54, 1.807) is 14.2 Å². The largest absolute Gasteiger partial charge is 0.382 e. The molecule has 2 amide bonds. The Morgan fingerprint density at radius 2 is 0.963 bits per heavy atom. The Labute approximate surface area is 331 Å². The second-order valence-corrected chi connectivity index (χ2v) is 16.6. The van der Waals surface area contributed by atoms with Crippen molar-refractivity contribution in [3.63, 3.8) is 0 Å². The van der Waals surface area contributed by atoms with E-state index in [2.05, 4.69) is 44.8 Å². The van der Waals surface area contributed by atoms with Crippen molar-refractivity contribution in [1.82, 2.24) is 9.80 Å². The molecular formula is C44H60N4O4S2. The molecule has 0 aliphatic carbocycles. The van der Waals surface area contributed by atoms with E-state index in [9.17, 15) is 9.59 Å². The van der Waals surface area contributed by atoms with Crippen molar-refractivity contribution < 1.29 is 19.1 Å². The molecule has 292 valence electrons. The lowest BCUT2D eigenvalue weighted by atomic mass is 9.85. The second-order valence-electron chi connectivity index (χ2n) is 14.5. The predicted molar refractivity (Wildman–Crippen MR) is 225 cm³/mol. The summed E-state index contributed by atoms with van der Waals surface area (Å²) in [7, 11) is 3.48. The van der Waals surface area contributed by atoms with Gasteiger partial charge in [0.1, 0.15) is 0 Å². The fraction of sp³-hybridized carbons (Fsp3) is 0.500. The molecule has 2 saturated heterocycles. The number of anilines is 2. The van der Waals surface area contributed by atoms with Crippen molar-refractivity contribution in [3.8, 4) is 0 Å². The lowest BCUT2D eigenvalue weighted by molar-refractivity contribution is -0.121. The van der Waals surface area contributed by atoms with E-state index in [0.29, 0.717) is 26.1 Å². The summed E-state index contributed by atoms with van der Waals surface area (Å²) in [5.74, 6) is 0.343. The molecular weight excluding hydrogens is 713 g/mol. The van der Waals surface area contributed by atoms with E-state index >= 15 is 0 Å². The van der Waals surface area contributed by atoms with Crippen molar-refractivity contribution in [2.24, 2.45) is 0 Å². The second kappa shape index (κ2) is 21.1. The molecule has 4 aromatic rings. The summed E-state index contributed by atoms with van der Waals surface area (Å²) in [5.41, 5.74) is 1.44. The maximum Gasteiger partial charge on any atom is 0.227 e. The number of benzene rings is 2. The van der Waals surface area contributed by atoms with Crippen LogP contribution >= 0.6 is 22.7 Å². The Morgan fingerprint density at radius 3 is 1.26 bits per heavy atom. The third-order valence-electron chi connectivity index (χ3n) is 11.0. The summed E-state index contributed by atoms with van der Waals surface area (Å²) in [5, 5.41) is 4.28. The number of piperidine rings is 2. The molecule has 2 aromatic carbocycles. The lowest BCUT2D eigenvalue weighted by Crippen LogP contribution is -2.60. The van der Waals surface area contributed by atoms with Crippen LogP contribution < -0.4 is 9.80 Å². The van der Waals surface area contributed by atoms with Crippen LogP contribution in [-0.4, -0.2) is 99.4 Å². The Bertz CT molecular complexity index is 1510. The Balaban J connectivity index is 0.000000208. The molecule has 10 heteroatoms. The molecule has 6 rings (SSSR count). The van der Waals surface area contributed by atoms with Crippen molar-refractivity contribution >= 4 is 45.9 Å². The molecule has 0 unspecified atom stereocenters. The van der Waals surface area contributed by atoms with Gasteiger partial charge in [0, 0.05) is 87.5 Å². The number of nitrogens with zero attached hydrogens (tertiary/aromatic N) is 4. The molecule has 2 aromatic heterocycles. The van der Waals surface area contributed by atoms with E-state index < -0.39 is 0 Å². The van der Waals surface area contributed by atoms with Crippen LogP contribution in [0.1, 0.15) is 62.1 Å². The first-order valence-electron chi connectivity index (χ1n) is 19.6. The van der Waals surface area contributed by atoms with Crippen molar-refractivity contribution in [2.75, 3.05) is 76.5 Å². The van der Waals surface area contributed by atoms with Gasteiger partial charge in [-0.05, 0) is 85.7 Å². The minimum absolute atomic E-state index is 0.172. The molecule has 54 heavy (non-hydrogen) atoms. The van der Waals surface area contributed by atoms with E-state index in [0.717, 1.165) is 89.2 Å². The maximum atomic E-state index is 12.9. The molecule has 8 nitrogen and oxygen atoms in total. The van der Waals surface area contributed by atoms with Gasteiger partial charge in [0.05, 0.1) is 24.3 Å². The van der Waals surface area contributed by atoms with Crippen LogP contribution in [0.2, 0.25) is 0 Å². The van der Waals surface area contributed by atoms with Crippen molar-refractivity contribution in [2.45, 2.75) is 76.3 Å². The highest BCUT2D eigenvalue weighted by Gasteiger charge is 2.44. The van der Waals surface area contributed by atoms with Gasteiger partial charge in [0.25, 0.3) is 0 Å². The van der Waals surface area contributed by atoms with Crippen molar-refractivity contribution in [3.05, 3.63) is 105 Å². The number of thiophene rings is 2. The summed E-state index contributed by atoms with van der Waals surface area (Å²) in [6.07, 6.45) is 6.96. The van der Waals surface area contributed by atoms with Gasteiger partial charge in [-0.15, -0.1) is 22.7 Å². The molecule has 2 aliphatic rings. The van der Waals surface area contributed by atoms with E-state index in [4.69, 9.17) is 9.47 Å². The van der Waals surface area contributed by atoms with Crippen LogP contribution in [0.25, 0.3) is 0 Å². The van der Waals surface area contributed by atoms with Crippen LogP contribution in [0.5, 0.6) is 0 Å². The number of hydrogen-bond donors (Lipinski definition) is 0. The number of ether oxygens (including phenoxy) is 2. The van der Waals surface area contributed by atoms with Gasteiger partial charge in [-0.1, -0.05) is 62.4 Å². The number of methoxy groups -OCH3 is 2. The predicted octanol–water partition coefficient (Wildman–Crippen LogP) is 8.43. The Morgan fingerprint density at radius 1 is 0.593 bits per heavy atom. The smallest absolute Gasteiger partial charge is 0.227 e. The zero-order valence-electron chi connectivity index (χ0n) is 32.8. The summed E-state index contributed by atoms with van der Waals surface area (Å²) in [4.78, 5) is 37.8. The minimum Gasteiger partial charge on any atom is -0.382 e. The molecule has 0 radical (unpaired) electrons. The zero-order chi connectivity index (χ0) is 38.2. The summed E-state index contributed by atoms with van der Waals surface area (Å²) >= 11 is 3.66. The normalized spacial score (nSPS) is 17.0. The van der Waals surface area contributed by atoms with Crippen molar-refractivity contribution in [1.29, 1.82) is 0 Å². The number of amides is 2. The van der Waals surface area contributed by atoms with Crippen LogP contribution in [0, 0.1) is 0 Å². The molecule has 0 bridgehead atoms. The van der Waals surface area contributed by atoms with Crippen LogP contribution in [0.15, 0.2) is 95.7 Å². The molecule has 2 fully saturated rings. The van der Waals surface area contributed by atoms with E-state index in [1.165, 1.54) is 9.75 Å². The van der Waals surface area contributed by atoms with Gasteiger partial charge in [-0.25, -0.2) is 0 Å². The average molecular weight is 773 g/mol. The number of para-hydroxylation sites is 2. The highest BCUT2D eigenvalue weighted by atomic mass is 32.1. The van der Waals surface area contributed by atoms with Gasteiger partial charge in [-0.3, -0.25) is 9.59 Å². The van der Waals surface area contributed by atoms with Gasteiger partial charge in [-0.2, -0.15) is 0 Å². The van der Waals surface area contributed by atoms with Crippen LogP contribution in [0.3, 0.4) is 0 Å². The first-order chi connectivity index (χ1) is 26.4. The molecule has 0 atom stereocenters. The SMILES string of the molecule is CCC(=O)N(c1ccccc1)C1(COC)CCN(CCc2cccs2)CC1.CCC(=O)N(c1ccccc1)C1(COC)CCN(CCc2cccs2)CC1. The molecule has 0 spiro atoms. The molecule has 0 saturated carbocycles. The van der Waals surface area contributed by atoms with Crippen LogP contribution in [0.4, 0.5) is 11.4 Å². The average Bonchev–Trinajstić information content (AvgIpc) is 3.94. The number of hydrogen-bond acceptors (Lipinski definition) is 8. The number of likely N-dealkylation sites (tertiary alicyclic amines) is 2. The van der Waals surface area contributed by atoms with Gasteiger partial charge in [0.15, 0.2) is 0 Å². The van der Waals surface area contributed by atoms with Gasteiger partial charge >= 0.3 is 0 Å². The third-order valence-corrected chi connectivity index (χ3v) is 12.9. The number of carbonyl (C=O) groups excluding carboxylic acids is 2. The Hall–Kier alpha value is -3.38. The lowest BCUT2D eigenvalue weighted by Gasteiger charge is -2.48. The molecule has 0 N–H and O–H groups in total. The first-order valence-corrected chi connectivity index (χ1v) is 21.4. The fourth-order valence-corrected chi connectivity index (χ4v) is 9.47. The summed E-state index contributed by atoms with van der Waals surface area (Å²) < 4.78 is 11.3. The molecule has 2 aliphatic heterocycles. The number of carbonyl (C=O) groups is 2. The summed E-state index contributed by atoms with van der Waals surface area (Å²) in [6, 6.07) is 28.8. The Kier molecular flexibility index (Phi) is 16.3. The van der Waals surface area contributed by atoms with Gasteiger partial charge in [0.2, 0.25) is 11.8 Å². The number of rotatable bonds is 16. The minimum atomic E-state index is -0.261. The highest BCUT2D eigenvalue weighted by molar-refractivity contribution is 7.10. The topological polar surface area (TPSA) is 65.6 Å². The third kappa shape index (κ3) is 10.9. The standard InChI is InChI=1S/2C22H30N2O2S/c2*1-3-21(25)24(19-8-5-4-6-9-19)22(18-26-2)12-15-23(16-13-22)14-11-20-10-7-17-27-20/h2*4-10,17H,3,11-16,18H2,1-2H3. The van der Waals surface area contributed by atoms with E-state index in [-0.39, 0.29) is 22.9 Å². The summed E-state index contributed by atoms with van der Waals surface area (Å²) in [6.45, 7) is 11.2.